The molecule has 4 aromatic rings. The summed E-state index contributed by atoms with van der Waals surface area (Å²) in [7, 11) is 0. The van der Waals surface area contributed by atoms with Crippen LogP contribution in [0.5, 0.6) is 0 Å². The molecule has 1 aliphatic rings. The summed E-state index contributed by atoms with van der Waals surface area (Å²) in [6.45, 7) is 7.42. The number of hydrogen-bond acceptors (Lipinski definition) is 3. The number of aliphatic hydroxyl groups is 1. The number of aromatic nitrogens is 1. The highest BCUT2D eigenvalue weighted by atomic mass is 127. The number of β-amino-alcohol motifs (C(OH)–C–C–N with tert-alkyl or cyclic N) is 1. The molecule has 0 amide bonds. The van der Waals surface area contributed by atoms with E-state index in [9.17, 15) is 5.11 Å². The third kappa shape index (κ3) is 4.31. The molecule has 1 fully saturated rings. The van der Waals surface area contributed by atoms with Crippen LogP contribution < -0.4 is 4.90 Å². The van der Waals surface area contributed by atoms with Crippen LogP contribution in [-0.2, 0) is 6.54 Å². The second-order valence-electron chi connectivity index (χ2n) is 8.57. The van der Waals surface area contributed by atoms with E-state index in [0.717, 1.165) is 26.2 Å². The Kier molecular flexibility index (Phi) is 5.91. The monoisotopic (exact) mass is 525 g/mol. The number of fused-ring (bicyclic) bond motifs is 3. The van der Waals surface area contributed by atoms with Gasteiger partial charge in [0.05, 0.1) is 12.6 Å². The summed E-state index contributed by atoms with van der Waals surface area (Å²) in [5.74, 6) is 0. The first-order valence-corrected chi connectivity index (χ1v) is 12.0. The Morgan fingerprint density at radius 3 is 2.32 bits per heavy atom. The van der Waals surface area contributed by atoms with E-state index in [4.69, 9.17) is 0 Å². The number of benzene rings is 3. The largest absolute Gasteiger partial charge is 0.390 e. The third-order valence-electron chi connectivity index (χ3n) is 6.37. The van der Waals surface area contributed by atoms with Crippen molar-refractivity contribution in [2.75, 3.05) is 37.6 Å². The first-order chi connectivity index (χ1) is 15.1. The number of aryl methyl sites for hydroxylation is 1. The van der Waals surface area contributed by atoms with Gasteiger partial charge in [0.1, 0.15) is 0 Å². The molecule has 5 rings (SSSR count). The number of rotatable bonds is 5. The van der Waals surface area contributed by atoms with E-state index < -0.39 is 6.10 Å². The minimum atomic E-state index is -0.399. The highest BCUT2D eigenvalue weighted by molar-refractivity contribution is 14.1. The first-order valence-electron chi connectivity index (χ1n) is 11.0. The average molecular weight is 525 g/mol. The molecular formula is C26H28IN3O. The van der Waals surface area contributed by atoms with Gasteiger partial charge in [0.25, 0.3) is 0 Å². The standard InChI is InChI=1S/C26H28IN3O/c1-19-6-9-21(10-7-19)29-14-12-28(13-15-29)17-22(31)18-30-25-5-3-2-4-23(25)24-16-20(27)8-11-26(24)30/h2-11,16,22,31H,12-15,17-18H2,1H3/t22-/m0/s1. The Morgan fingerprint density at radius 1 is 0.839 bits per heavy atom. The summed E-state index contributed by atoms with van der Waals surface area (Å²) in [6.07, 6.45) is -0.399. The maximum absolute atomic E-state index is 11.0. The van der Waals surface area contributed by atoms with Crippen molar-refractivity contribution in [3.8, 4) is 0 Å². The topological polar surface area (TPSA) is 31.6 Å². The van der Waals surface area contributed by atoms with Gasteiger partial charge >= 0.3 is 0 Å². The van der Waals surface area contributed by atoms with Crippen LogP contribution in [0, 0.1) is 10.5 Å². The first kappa shape index (κ1) is 20.8. The zero-order valence-electron chi connectivity index (χ0n) is 17.8. The summed E-state index contributed by atoms with van der Waals surface area (Å²) in [6, 6.07) is 23.9. The van der Waals surface area contributed by atoms with Gasteiger partial charge in [0, 0.05) is 63.8 Å². The molecule has 0 radical (unpaired) electrons. The average Bonchev–Trinajstić information content (AvgIpc) is 3.08. The van der Waals surface area contributed by atoms with Crippen LogP contribution in [0.4, 0.5) is 5.69 Å². The lowest BCUT2D eigenvalue weighted by Gasteiger charge is -2.37. The van der Waals surface area contributed by atoms with Crippen LogP contribution in [0.3, 0.4) is 0 Å². The molecule has 1 aliphatic heterocycles. The molecule has 0 bridgehead atoms. The van der Waals surface area contributed by atoms with Crippen molar-refractivity contribution in [2.45, 2.75) is 19.6 Å². The summed E-state index contributed by atoms with van der Waals surface area (Å²) in [5, 5.41) is 13.5. The third-order valence-corrected chi connectivity index (χ3v) is 7.04. The van der Waals surface area contributed by atoms with Crippen molar-refractivity contribution in [3.05, 3.63) is 75.9 Å². The van der Waals surface area contributed by atoms with E-state index in [1.165, 1.54) is 36.6 Å². The molecule has 5 heteroatoms. The number of aliphatic hydroxyl groups excluding tert-OH is 1. The SMILES string of the molecule is Cc1ccc(N2CCN(C[C@H](O)Cn3c4ccccc4c4cc(I)ccc43)CC2)cc1. The molecule has 0 aliphatic carbocycles. The maximum atomic E-state index is 11.0. The van der Waals surface area contributed by atoms with Gasteiger partial charge in [-0.3, -0.25) is 4.90 Å². The Hall–Kier alpha value is -2.09. The van der Waals surface area contributed by atoms with Gasteiger partial charge in [0.2, 0.25) is 0 Å². The number of anilines is 1. The lowest BCUT2D eigenvalue weighted by atomic mass is 10.2. The lowest BCUT2D eigenvalue weighted by molar-refractivity contribution is 0.0969. The number of halogens is 1. The predicted molar refractivity (Wildman–Crippen MR) is 138 cm³/mol. The van der Waals surface area contributed by atoms with Crippen LogP contribution >= 0.6 is 22.6 Å². The molecular weight excluding hydrogens is 497 g/mol. The molecule has 0 spiro atoms. The number of para-hydroxylation sites is 1. The number of nitrogens with zero attached hydrogens (tertiary/aromatic N) is 3. The fourth-order valence-electron chi connectivity index (χ4n) is 4.73. The van der Waals surface area contributed by atoms with Gasteiger partial charge < -0.3 is 14.6 Å². The Bertz CT molecular complexity index is 1190. The number of hydrogen-bond donors (Lipinski definition) is 1. The van der Waals surface area contributed by atoms with Gasteiger partial charge in [-0.1, -0.05) is 35.9 Å². The van der Waals surface area contributed by atoms with Crippen molar-refractivity contribution in [1.82, 2.24) is 9.47 Å². The van der Waals surface area contributed by atoms with Gasteiger partial charge in [-0.05, 0) is 65.9 Å². The molecule has 1 atom stereocenters. The van der Waals surface area contributed by atoms with Crippen LogP contribution in [-0.4, -0.2) is 53.4 Å². The summed E-state index contributed by atoms with van der Waals surface area (Å²) < 4.78 is 3.52. The Labute approximate surface area is 197 Å². The number of piperazine rings is 1. The summed E-state index contributed by atoms with van der Waals surface area (Å²) >= 11 is 2.37. The van der Waals surface area contributed by atoms with Gasteiger partial charge in [-0.2, -0.15) is 0 Å². The van der Waals surface area contributed by atoms with Gasteiger partial charge in [0.15, 0.2) is 0 Å². The highest BCUT2D eigenvalue weighted by Gasteiger charge is 2.21. The van der Waals surface area contributed by atoms with Crippen LogP contribution in [0.2, 0.25) is 0 Å². The Balaban J connectivity index is 1.27. The molecule has 3 aromatic carbocycles. The summed E-state index contributed by atoms with van der Waals surface area (Å²) in [4.78, 5) is 4.84. The lowest BCUT2D eigenvalue weighted by Crippen LogP contribution is -2.49. The van der Waals surface area contributed by atoms with E-state index in [2.05, 4.69) is 111 Å². The van der Waals surface area contributed by atoms with Gasteiger partial charge in [-0.25, -0.2) is 0 Å². The molecule has 1 aromatic heterocycles. The maximum Gasteiger partial charge on any atom is 0.0845 e. The van der Waals surface area contributed by atoms with Crippen LogP contribution in [0.15, 0.2) is 66.7 Å². The molecule has 0 saturated carbocycles. The van der Waals surface area contributed by atoms with E-state index in [0.29, 0.717) is 13.1 Å². The smallest absolute Gasteiger partial charge is 0.0845 e. The fraction of sp³-hybridized carbons (Fsp3) is 0.308. The zero-order chi connectivity index (χ0) is 21.4. The van der Waals surface area contributed by atoms with Crippen molar-refractivity contribution in [2.24, 2.45) is 0 Å². The van der Waals surface area contributed by atoms with Crippen molar-refractivity contribution < 1.29 is 5.11 Å². The normalized spacial score (nSPS) is 16.3. The van der Waals surface area contributed by atoms with Crippen molar-refractivity contribution >= 4 is 50.1 Å². The van der Waals surface area contributed by atoms with Crippen molar-refractivity contribution in [3.63, 3.8) is 0 Å². The highest BCUT2D eigenvalue weighted by Crippen LogP contribution is 2.30. The van der Waals surface area contributed by atoms with E-state index >= 15 is 0 Å². The van der Waals surface area contributed by atoms with Crippen LogP contribution in [0.1, 0.15) is 5.56 Å². The van der Waals surface area contributed by atoms with E-state index in [1.807, 2.05) is 0 Å². The molecule has 4 nitrogen and oxygen atoms in total. The predicted octanol–water partition coefficient (Wildman–Crippen LogP) is 4.89. The molecule has 1 N–H and O–H groups in total. The fourth-order valence-corrected chi connectivity index (χ4v) is 5.22. The second-order valence-corrected chi connectivity index (χ2v) is 9.81. The minimum Gasteiger partial charge on any atom is -0.390 e. The molecule has 1 saturated heterocycles. The molecule has 160 valence electrons. The van der Waals surface area contributed by atoms with Crippen molar-refractivity contribution in [1.29, 1.82) is 0 Å². The zero-order valence-corrected chi connectivity index (χ0v) is 20.0. The second kappa shape index (κ2) is 8.81. The van der Waals surface area contributed by atoms with E-state index in [-0.39, 0.29) is 0 Å². The van der Waals surface area contributed by atoms with Crippen LogP contribution in [0.25, 0.3) is 21.8 Å². The quantitative estimate of drug-likeness (QED) is 0.377. The van der Waals surface area contributed by atoms with E-state index in [1.54, 1.807) is 0 Å². The van der Waals surface area contributed by atoms with Gasteiger partial charge in [-0.15, -0.1) is 0 Å². The minimum absolute atomic E-state index is 0.399. The molecule has 0 unspecified atom stereocenters. The summed E-state index contributed by atoms with van der Waals surface area (Å²) in [5.41, 5.74) is 4.99. The molecule has 31 heavy (non-hydrogen) atoms. The molecule has 2 heterocycles. The Morgan fingerprint density at radius 2 is 1.55 bits per heavy atom.